The Morgan fingerprint density at radius 3 is 2.39 bits per heavy atom. The maximum absolute atomic E-state index is 8.81. The van der Waals surface area contributed by atoms with Crippen LogP contribution in [0, 0.1) is 17.8 Å². The van der Waals surface area contributed by atoms with E-state index in [0.717, 1.165) is 43.3 Å². The van der Waals surface area contributed by atoms with Crippen molar-refractivity contribution in [3.05, 3.63) is 29.8 Å². The van der Waals surface area contributed by atoms with Crippen molar-refractivity contribution in [2.45, 2.75) is 32.2 Å². The lowest BCUT2D eigenvalue weighted by Crippen LogP contribution is -2.31. The molecule has 156 valence electrons. The molecule has 1 aromatic carbocycles. The molecule has 5 nitrogen and oxygen atoms in total. The van der Waals surface area contributed by atoms with Crippen LogP contribution in [0.5, 0.6) is 5.75 Å². The van der Waals surface area contributed by atoms with Gasteiger partial charge >= 0.3 is 0 Å². The minimum absolute atomic E-state index is 0.0572. The van der Waals surface area contributed by atoms with Crippen molar-refractivity contribution in [1.29, 1.82) is 0 Å². The Hall–Kier alpha value is -1.14. The smallest absolute Gasteiger partial charge is 0.119 e. The number of aliphatic hydroxyl groups is 1. The molecule has 3 fully saturated rings. The molecule has 1 aliphatic carbocycles. The van der Waals surface area contributed by atoms with Gasteiger partial charge < -0.3 is 19.5 Å². The Morgan fingerprint density at radius 1 is 0.929 bits per heavy atom. The molecule has 0 radical (unpaired) electrons. The number of likely N-dealkylation sites (tertiary alicyclic amines) is 2. The van der Waals surface area contributed by atoms with E-state index in [2.05, 4.69) is 21.9 Å². The van der Waals surface area contributed by atoms with E-state index < -0.39 is 0 Å². The Bertz CT molecular complexity index is 576. The standard InChI is InChI=1S/C23H36N2O3/c26-12-14-28-20-7-5-19(6-8-20)15-25-16-21-22(17-25)23(21)18-27-13-4-11-24-9-2-1-3-10-24/h5-8,21-23,26H,1-4,9-18H2/t21-,22?,23?/m0/s1. The van der Waals surface area contributed by atoms with Gasteiger partial charge in [0.1, 0.15) is 12.4 Å². The highest BCUT2D eigenvalue weighted by molar-refractivity contribution is 5.27. The number of rotatable bonds is 11. The number of hydrogen-bond acceptors (Lipinski definition) is 5. The van der Waals surface area contributed by atoms with E-state index >= 15 is 0 Å². The minimum atomic E-state index is 0.0572. The van der Waals surface area contributed by atoms with Crippen LogP contribution >= 0.6 is 0 Å². The molecular formula is C23H36N2O3. The van der Waals surface area contributed by atoms with E-state index in [1.54, 1.807) is 0 Å². The molecule has 3 aliphatic rings. The lowest BCUT2D eigenvalue weighted by Gasteiger charge is -2.26. The summed E-state index contributed by atoms with van der Waals surface area (Å²) in [6.07, 6.45) is 5.36. The van der Waals surface area contributed by atoms with Crippen LogP contribution in [0.1, 0.15) is 31.2 Å². The van der Waals surface area contributed by atoms with Crippen LogP contribution in [0.15, 0.2) is 24.3 Å². The van der Waals surface area contributed by atoms with Gasteiger partial charge in [-0.2, -0.15) is 0 Å². The molecule has 1 saturated carbocycles. The average molecular weight is 389 g/mol. The number of aliphatic hydroxyl groups excluding tert-OH is 1. The first kappa shape index (κ1) is 20.1. The third-order valence-corrected chi connectivity index (χ3v) is 6.66. The molecule has 2 aliphatic heterocycles. The van der Waals surface area contributed by atoms with Crippen LogP contribution in [0.25, 0.3) is 0 Å². The average Bonchev–Trinajstić information content (AvgIpc) is 3.18. The molecule has 1 aromatic rings. The van der Waals surface area contributed by atoms with Gasteiger partial charge in [0, 0.05) is 32.8 Å². The predicted octanol–water partition coefficient (Wildman–Crippen LogP) is 2.63. The zero-order chi connectivity index (χ0) is 19.2. The third kappa shape index (κ3) is 5.47. The topological polar surface area (TPSA) is 45.2 Å². The summed E-state index contributed by atoms with van der Waals surface area (Å²) in [5.41, 5.74) is 1.34. The SMILES string of the molecule is OCCOc1ccc(CN2CC3C(COCCCN4CCCCC4)[C@H]3C2)cc1. The molecule has 0 aromatic heterocycles. The van der Waals surface area contributed by atoms with Crippen molar-refractivity contribution in [1.82, 2.24) is 9.80 Å². The molecule has 2 heterocycles. The molecule has 28 heavy (non-hydrogen) atoms. The lowest BCUT2D eigenvalue weighted by molar-refractivity contribution is 0.0967. The number of benzene rings is 1. The largest absolute Gasteiger partial charge is 0.491 e. The second-order valence-corrected chi connectivity index (χ2v) is 8.73. The van der Waals surface area contributed by atoms with Gasteiger partial charge in [-0.1, -0.05) is 18.6 Å². The van der Waals surface area contributed by atoms with Gasteiger partial charge in [0.25, 0.3) is 0 Å². The fourth-order valence-electron chi connectivity index (χ4n) is 5.02. The summed E-state index contributed by atoms with van der Waals surface area (Å²) in [5, 5.41) is 8.81. The zero-order valence-electron chi connectivity index (χ0n) is 17.1. The van der Waals surface area contributed by atoms with Crippen molar-refractivity contribution in [2.75, 3.05) is 59.2 Å². The van der Waals surface area contributed by atoms with E-state index in [1.165, 1.54) is 64.0 Å². The van der Waals surface area contributed by atoms with E-state index in [0.29, 0.717) is 6.61 Å². The Morgan fingerprint density at radius 2 is 1.68 bits per heavy atom. The Labute approximate surface area is 169 Å². The van der Waals surface area contributed by atoms with Crippen LogP contribution < -0.4 is 4.74 Å². The van der Waals surface area contributed by atoms with E-state index in [1.807, 2.05) is 12.1 Å². The fraction of sp³-hybridized carbons (Fsp3) is 0.739. The number of nitrogens with zero attached hydrogens (tertiary/aromatic N) is 2. The van der Waals surface area contributed by atoms with Crippen molar-refractivity contribution in [3.63, 3.8) is 0 Å². The second-order valence-electron chi connectivity index (χ2n) is 8.73. The maximum atomic E-state index is 8.81. The monoisotopic (exact) mass is 388 g/mol. The van der Waals surface area contributed by atoms with Gasteiger partial charge in [0.2, 0.25) is 0 Å². The summed E-state index contributed by atoms with van der Waals surface area (Å²) >= 11 is 0. The van der Waals surface area contributed by atoms with Gasteiger partial charge in [0.05, 0.1) is 13.2 Å². The number of hydrogen-bond donors (Lipinski definition) is 1. The molecule has 1 N–H and O–H groups in total. The van der Waals surface area contributed by atoms with E-state index in [-0.39, 0.29) is 6.61 Å². The van der Waals surface area contributed by atoms with Crippen molar-refractivity contribution in [2.24, 2.45) is 17.8 Å². The third-order valence-electron chi connectivity index (χ3n) is 6.66. The van der Waals surface area contributed by atoms with Crippen LogP contribution in [-0.2, 0) is 11.3 Å². The molecule has 0 amide bonds. The number of fused-ring (bicyclic) bond motifs is 1. The summed E-state index contributed by atoms with van der Waals surface area (Å²) < 4.78 is 11.4. The minimum Gasteiger partial charge on any atom is -0.491 e. The van der Waals surface area contributed by atoms with Gasteiger partial charge in [0.15, 0.2) is 0 Å². The first-order valence-corrected chi connectivity index (χ1v) is 11.2. The van der Waals surface area contributed by atoms with E-state index in [9.17, 15) is 0 Å². The summed E-state index contributed by atoms with van der Waals surface area (Å²) in [6.45, 7) is 9.58. The first-order chi connectivity index (χ1) is 13.8. The molecule has 3 atom stereocenters. The van der Waals surface area contributed by atoms with Crippen LogP contribution in [0.4, 0.5) is 0 Å². The van der Waals surface area contributed by atoms with E-state index in [4.69, 9.17) is 14.6 Å². The molecule has 4 rings (SSSR count). The molecule has 0 bridgehead atoms. The quantitative estimate of drug-likeness (QED) is 0.591. The predicted molar refractivity (Wildman–Crippen MR) is 110 cm³/mol. The Balaban J connectivity index is 1.07. The van der Waals surface area contributed by atoms with Crippen molar-refractivity contribution in [3.8, 4) is 5.75 Å². The second kappa shape index (κ2) is 10.1. The molecule has 0 spiro atoms. The number of piperidine rings is 2. The first-order valence-electron chi connectivity index (χ1n) is 11.2. The van der Waals surface area contributed by atoms with Crippen LogP contribution in [-0.4, -0.2) is 74.1 Å². The lowest BCUT2D eigenvalue weighted by atomic mass is 10.1. The normalized spacial score (nSPS) is 27.7. The van der Waals surface area contributed by atoms with Crippen LogP contribution in [0.3, 0.4) is 0 Å². The summed E-state index contributed by atoms with van der Waals surface area (Å²) in [6, 6.07) is 8.28. The molecule has 2 saturated heterocycles. The van der Waals surface area contributed by atoms with Gasteiger partial charge in [-0.3, -0.25) is 4.90 Å². The number of ether oxygens (including phenoxy) is 2. The van der Waals surface area contributed by atoms with Gasteiger partial charge in [-0.25, -0.2) is 0 Å². The van der Waals surface area contributed by atoms with Crippen LogP contribution in [0.2, 0.25) is 0 Å². The molecular weight excluding hydrogens is 352 g/mol. The van der Waals surface area contributed by atoms with Gasteiger partial charge in [-0.05, 0) is 67.8 Å². The summed E-state index contributed by atoms with van der Waals surface area (Å²) in [5.74, 6) is 3.35. The molecule has 2 unspecified atom stereocenters. The highest BCUT2D eigenvalue weighted by Gasteiger charge is 2.55. The van der Waals surface area contributed by atoms with Gasteiger partial charge in [-0.15, -0.1) is 0 Å². The Kier molecular flexibility index (Phi) is 7.24. The summed E-state index contributed by atoms with van der Waals surface area (Å²) in [7, 11) is 0. The zero-order valence-corrected chi connectivity index (χ0v) is 17.1. The van der Waals surface area contributed by atoms with Crippen molar-refractivity contribution < 1.29 is 14.6 Å². The fourth-order valence-corrected chi connectivity index (χ4v) is 5.02. The maximum Gasteiger partial charge on any atom is 0.119 e. The summed E-state index contributed by atoms with van der Waals surface area (Å²) in [4.78, 5) is 5.17. The highest BCUT2D eigenvalue weighted by Crippen LogP contribution is 2.52. The molecule has 5 heteroatoms. The highest BCUT2D eigenvalue weighted by atomic mass is 16.5. The van der Waals surface area contributed by atoms with Crippen molar-refractivity contribution >= 4 is 0 Å².